The third-order valence-corrected chi connectivity index (χ3v) is 4.54. The first-order chi connectivity index (χ1) is 9.92. The highest BCUT2D eigenvalue weighted by molar-refractivity contribution is 7.13. The van der Waals surface area contributed by atoms with Crippen molar-refractivity contribution in [3.8, 4) is 5.75 Å². The quantitative estimate of drug-likeness (QED) is 0.656. The van der Waals surface area contributed by atoms with Gasteiger partial charge in [0, 0.05) is 0 Å². The van der Waals surface area contributed by atoms with Crippen LogP contribution in [0.25, 0.3) is 0 Å². The Morgan fingerprint density at radius 3 is 2.62 bits per heavy atom. The molecule has 0 bridgehead atoms. The monoisotopic (exact) mass is 303 g/mol. The van der Waals surface area contributed by atoms with Gasteiger partial charge in [-0.2, -0.15) is 0 Å². The first kappa shape index (κ1) is 15.5. The average molecular weight is 303 g/mol. The van der Waals surface area contributed by atoms with Gasteiger partial charge in [-0.05, 0) is 49.9 Å². The number of hydrogen-bond donors (Lipinski definition) is 2. The van der Waals surface area contributed by atoms with Crippen molar-refractivity contribution in [3.63, 3.8) is 0 Å². The summed E-state index contributed by atoms with van der Waals surface area (Å²) in [5, 5.41) is 8.44. The highest BCUT2D eigenvalue weighted by atomic mass is 32.1. The molecule has 1 aromatic carbocycles. The van der Waals surface area contributed by atoms with Crippen molar-refractivity contribution >= 4 is 17.2 Å². The molecule has 0 aliphatic rings. The molecule has 5 heteroatoms. The Morgan fingerprint density at radius 1 is 1.33 bits per heavy atom. The van der Waals surface area contributed by atoms with Gasteiger partial charge in [0.05, 0.1) is 10.6 Å². The number of hydrogen-bond acceptors (Lipinski definition) is 4. The van der Waals surface area contributed by atoms with E-state index >= 15 is 0 Å². The second kappa shape index (κ2) is 6.26. The van der Waals surface area contributed by atoms with E-state index in [4.69, 9.17) is 15.9 Å². The minimum Gasteiger partial charge on any atom is -0.486 e. The van der Waals surface area contributed by atoms with Crippen molar-refractivity contribution < 1.29 is 4.74 Å². The molecule has 0 fully saturated rings. The van der Waals surface area contributed by atoms with E-state index in [1.165, 1.54) is 22.5 Å². The van der Waals surface area contributed by atoms with E-state index in [2.05, 4.69) is 31.8 Å². The molecule has 21 heavy (non-hydrogen) atoms. The number of nitrogen functional groups attached to an aromatic ring is 1. The molecular formula is C16H21N3OS. The number of aromatic nitrogens is 1. The fraction of sp³-hybridized carbons (Fsp3) is 0.375. The third kappa shape index (κ3) is 3.42. The number of benzene rings is 1. The number of rotatable bonds is 5. The number of nitrogens with zero attached hydrogens (tertiary/aromatic N) is 1. The van der Waals surface area contributed by atoms with Crippen LogP contribution in [0.15, 0.2) is 12.1 Å². The van der Waals surface area contributed by atoms with Crippen LogP contribution in [-0.4, -0.2) is 10.8 Å². The summed E-state index contributed by atoms with van der Waals surface area (Å²) in [6.45, 7) is 8.63. The van der Waals surface area contributed by atoms with Gasteiger partial charge in [-0.15, -0.1) is 11.3 Å². The molecular weight excluding hydrogens is 282 g/mol. The highest BCUT2D eigenvalue weighted by Gasteiger charge is 2.13. The van der Waals surface area contributed by atoms with Gasteiger partial charge in [-0.25, -0.2) is 4.98 Å². The summed E-state index contributed by atoms with van der Waals surface area (Å²) in [6.07, 6.45) is 0.772. The van der Waals surface area contributed by atoms with E-state index in [1.54, 1.807) is 0 Å². The Balaban J connectivity index is 2.19. The molecule has 0 radical (unpaired) electrons. The number of nitrogens with one attached hydrogen (secondary N) is 1. The summed E-state index contributed by atoms with van der Waals surface area (Å²) in [5.41, 5.74) is 10.0. The molecule has 1 aromatic heterocycles. The summed E-state index contributed by atoms with van der Waals surface area (Å²) in [7, 11) is 0. The number of ether oxygens (including phenoxy) is 1. The lowest BCUT2D eigenvalue weighted by Crippen LogP contribution is -2.11. The molecule has 0 aliphatic heterocycles. The van der Waals surface area contributed by atoms with Crippen LogP contribution in [0.5, 0.6) is 5.75 Å². The molecule has 112 valence electrons. The van der Waals surface area contributed by atoms with Gasteiger partial charge >= 0.3 is 0 Å². The maximum absolute atomic E-state index is 7.59. The normalized spacial score (nSPS) is 10.7. The Labute approximate surface area is 129 Å². The number of thiazole rings is 1. The van der Waals surface area contributed by atoms with E-state index in [1.807, 2.05) is 13.0 Å². The molecule has 0 saturated carbocycles. The standard InChI is InChI=1S/C16H21N3OS/c1-5-12-15(16(17)18)21-14(19-12)8-20-13-7-9(2)6-10(3)11(13)4/h6-7H,5,8H2,1-4H3,(H3,17,18). The molecule has 0 unspecified atom stereocenters. The van der Waals surface area contributed by atoms with Gasteiger partial charge in [0.25, 0.3) is 0 Å². The number of amidine groups is 1. The van der Waals surface area contributed by atoms with Crippen LogP contribution in [0.4, 0.5) is 0 Å². The second-order valence-corrected chi connectivity index (χ2v) is 6.23. The first-order valence-corrected chi connectivity index (χ1v) is 7.77. The molecule has 0 spiro atoms. The predicted molar refractivity (Wildman–Crippen MR) is 87.5 cm³/mol. The Kier molecular flexibility index (Phi) is 4.63. The van der Waals surface area contributed by atoms with Gasteiger partial charge in [0.2, 0.25) is 0 Å². The van der Waals surface area contributed by atoms with Crippen LogP contribution in [0.3, 0.4) is 0 Å². The van der Waals surface area contributed by atoms with Crippen molar-refractivity contribution in [2.24, 2.45) is 5.73 Å². The van der Waals surface area contributed by atoms with Crippen molar-refractivity contribution in [2.45, 2.75) is 40.7 Å². The molecule has 4 nitrogen and oxygen atoms in total. The topological polar surface area (TPSA) is 72.0 Å². The Bertz CT molecular complexity index is 676. The van der Waals surface area contributed by atoms with E-state index < -0.39 is 0 Å². The molecule has 2 rings (SSSR count). The zero-order valence-corrected chi connectivity index (χ0v) is 13.7. The van der Waals surface area contributed by atoms with Crippen molar-refractivity contribution in [2.75, 3.05) is 0 Å². The van der Waals surface area contributed by atoms with Crippen LogP contribution in [0.2, 0.25) is 0 Å². The lowest BCUT2D eigenvalue weighted by atomic mass is 10.1. The SMILES string of the molecule is CCc1nc(COc2cc(C)cc(C)c2C)sc1C(=N)N. The molecule has 0 amide bonds. The fourth-order valence-corrected chi connectivity index (χ4v) is 3.13. The minimum absolute atomic E-state index is 0.0816. The minimum atomic E-state index is 0.0816. The zero-order chi connectivity index (χ0) is 15.6. The van der Waals surface area contributed by atoms with Crippen molar-refractivity contribution in [1.82, 2.24) is 4.98 Å². The van der Waals surface area contributed by atoms with Gasteiger partial charge in [-0.1, -0.05) is 13.0 Å². The molecule has 2 aromatic rings. The number of aryl methyl sites for hydroxylation is 3. The molecule has 0 aliphatic carbocycles. The van der Waals surface area contributed by atoms with Gasteiger partial charge < -0.3 is 10.5 Å². The van der Waals surface area contributed by atoms with Crippen LogP contribution in [0, 0.1) is 26.2 Å². The third-order valence-electron chi connectivity index (χ3n) is 3.44. The van der Waals surface area contributed by atoms with Crippen LogP contribution in [0.1, 0.15) is 39.2 Å². The van der Waals surface area contributed by atoms with Gasteiger partial charge in [0.15, 0.2) is 0 Å². The van der Waals surface area contributed by atoms with E-state index in [-0.39, 0.29) is 5.84 Å². The van der Waals surface area contributed by atoms with E-state index in [0.717, 1.165) is 33.3 Å². The van der Waals surface area contributed by atoms with Gasteiger partial charge in [-0.3, -0.25) is 5.41 Å². The smallest absolute Gasteiger partial charge is 0.140 e. The Morgan fingerprint density at radius 2 is 2.05 bits per heavy atom. The lowest BCUT2D eigenvalue weighted by Gasteiger charge is -2.11. The van der Waals surface area contributed by atoms with Crippen molar-refractivity contribution in [1.29, 1.82) is 5.41 Å². The first-order valence-electron chi connectivity index (χ1n) is 6.96. The second-order valence-electron chi connectivity index (χ2n) is 5.14. The summed E-state index contributed by atoms with van der Waals surface area (Å²) in [6, 6.07) is 4.19. The van der Waals surface area contributed by atoms with Gasteiger partial charge in [0.1, 0.15) is 23.2 Å². The van der Waals surface area contributed by atoms with Crippen LogP contribution < -0.4 is 10.5 Å². The maximum atomic E-state index is 7.59. The molecule has 0 saturated heterocycles. The van der Waals surface area contributed by atoms with Crippen LogP contribution in [-0.2, 0) is 13.0 Å². The predicted octanol–water partition coefficient (Wildman–Crippen LogP) is 3.49. The summed E-state index contributed by atoms with van der Waals surface area (Å²) in [5.74, 6) is 0.975. The average Bonchev–Trinajstić information content (AvgIpc) is 2.84. The fourth-order valence-electron chi connectivity index (χ4n) is 2.20. The van der Waals surface area contributed by atoms with Crippen molar-refractivity contribution in [3.05, 3.63) is 44.4 Å². The molecule has 1 heterocycles. The summed E-state index contributed by atoms with van der Waals surface area (Å²) < 4.78 is 5.91. The summed E-state index contributed by atoms with van der Waals surface area (Å²) >= 11 is 1.44. The highest BCUT2D eigenvalue weighted by Crippen LogP contribution is 2.25. The maximum Gasteiger partial charge on any atom is 0.140 e. The number of nitrogens with two attached hydrogens (primary N) is 1. The van der Waals surface area contributed by atoms with E-state index in [0.29, 0.717) is 6.61 Å². The van der Waals surface area contributed by atoms with E-state index in [9.17, 15) is 0 Å². The Hall–Kier alpha value is -1.88. The van der Waals surface area contributed by atoms with Crippen LogP contribution >= 0.6 is 11.3 Å². The lowest BCUT2D eigenvalue weighted by molar-refractivity contribution is 0.303. The summed E-state index contributed by atoms with van der Waals surface area (Å²) in [4.78, 5) is 5.27. The molecule has 3 N–H and O–H groups in total. The molecule has 0 atom stereocenters. The zero-order valence-electron chi connectivity index (χ0n) is 12.9. The largest absolute Gasteiger partial charge is 0.486 e.